The Hall–Kier alpha value is -2.38. The summed E-state index contributed by atoms with van der Waals surface area (Å²) >= 11 is 0. The molecule has 28 heavy (non-hydrogen) atoms. The van der Waals surface area contributed by atoms with E-state index in [2.05, 4.69) is 5.32 Å². The zero-order valence-corrected chi connectivity index (χ0v) is 16.8. The van der Waals surface area contributed by atoms with Crippen molar-refractivity contribution in [2.24, 2.45) is 5.92 Å². The van der Waals surface area contributed by atoms with Crippen LogP contribution in [-0.4, -0.2) is 44.9 Å². The lowest BCUT2D eigenvalue weighted by Gasteiger charge is -2.31. The molecule has 1 amide bonds. The minimum absolute atomic E-state index is 0.125. The van der Waals surface area contributed by atoms with Gasteiger partial charge in [-0.3, -0.25) is 4.79 Å². The maximum Gasteiger partial charge on any atom is 0.243 e. The van der Waals surface area contributed by atoms with Gasteiger partial charge in [0.1, 0.15) is 12.4 Å². The number of aryl methyl sites for hydroxylation is 1. The van der Waals surface area contributed by atoms with Crippen molar-refractivity contribution in [1.29, 1.82) is 0 Å². The summed E-state index contributed by atoms with van der Waals surface area (Å²) in [5.41, 5.74) is 1.16. The van der Waals surface area contributed by atoms with E-state index in [9.17, 15) is 13.2 Å². The molecule has 150 valence electrons. The summed E-state index contributed by atoms with van der Waals surface area (Å²) in [7, 11) is -3.56. The van der Waals surface area contributed by atoms with E-state index in [1.54, 1.807) is 30.3 Å². The Kier molecular flexibility index (Phi) is 6.70. The number of piperidine rings is 1. The molecular formula is C21H26N2O4S. The number of nitrogens with one attached hydrogen (secondary N) is 1. The lowest BCUT2D eigenvalue weighted by molar-refractivity contribution is -0.126. The third-order valence-electron chi connectivity index (χ3n) is 4.83. The minimum Gasteiger partial charge on any atom is -0.492 e. The molecule has 0 aliphatic carbocycles. The van der Waals surface area contributed by atoms with Crippen molar-refractivity contribution >= 4 is 15.9 Å². The molecule has 0 unspecified atom stereocenters. The second-order valence-electron chi connectivity index (χ2n) is 6.97. The van der Waals surface area contributed by atoms with E-state index in [4.69, 9.17) is 4.74 Å². The molecule has 3 rings (SSSR count). The number of nitrogens with zero attached hydrogens (tertiary/aromatic N) is 1. The molecule has 1 N–H and O–H groups in total. The van der Waals surface area contributed by atoms with Gasteiger partial charge in [0.05, 0.1) is 17.4 Å². The number of ether oxygens (including phenoxy) is 1. The highest BCUT2D eigenvalue weighted by Crippen LogP contribution is 2.23. The zero-order chi connectivity index (χ0) is 20.0. The predicted octanol–water partition coefficient (Wildman–Crippen LogP) is 2.59. The third kappa shape index (κ3) is 5.11. The normalized spacial score (nSPS) is 17.8. The zero-order valence-electron chi connectivity index (χ0n) is 16.0. The van der Waals surface area contributed by atoms with Crippen LogP contribution in [0.25, 0.3) is 0 Å². The smallest absolute Gasteiger partial charge is 0.243 e. The molecule has 0 aromatic heterocycles. The van der Waals surface area contributed by atoms with Gasteiger partial charge < -0.3 is 10.1 Å². The Morgan fingerprint density at radius 1 is 1.14 bits per heavy atom. The fourth-order valence-electron chi connectivity index (χ4n) is 3.24. The van der Waals surface area contributed by atoms with Crippen LogP contribution in [0.15, 0.2) is 59.5 Å². The molecule has 1 aliphatic rings. The van der Waals surface area contributed by atoms with Crippen molar-refractivity contribution in [3.05, 3.63) is 60.2 Å². The Bertz CT molecular complexity index is 882. The van der Waals surface area contributed by atoms with Gasteiger partial charge in [-0.1, -0.05) is 35.9 Å². The van der Waals surface area contributed by atoms with E-state index in [0.29, 0.717) is 32.5 Å². The van der Waals surface area contributed by atoms with Crippen molar-refractivity contribution in [2.45, 2.75) is 24.7 Å². The maximum atomic E-state index is 12.8. The van der Waals surface area contributed by atoms with Crippen molar-refractivity contribution in [3.8, 4) is 5.75 Å². The molecular weight excluding hydrogens is 376 g/mol. The fraction of sp³-hybridized carbons (Fsp3) is 0.381. The van der Waals surface area contributed by atoms with Crippen LogP contribution in [0, 0.1) is 12.8 Å². The van der Waals surface area contributed by atoms with Gasteiger partial charge in [0, 0.05) is 13.1 Å². The van der Waals surface area contributed by atoms with Crippen LogP contribution in [0.3, 0.4) is 0 Å². The Morgan fingerprint density at radius 2 is 1.86 bits per heavy atom. The maximum absolute atomic E-state index is 12.8. The molecule has 0 saturated carbocycles. The quantitative estimate of drug-likeness (QED) is 0.723. The molecule has 0 bridgehead atoms. The molecule has 1 atom stereocenters. The number of rotatable bonds is 7. The van der Waals surface area contributed by atoms with E-state index < -0.39 is 10.0 Å². The molecule has 1 heterocycles. The van der Waals surface area contributed by atoms with Gasteiger partial charge in [-0.2, -0.15) is 4.31 Å². The van der Waals surface area contributed by atoms with Crippen molar-refractivity contribution in [2.75, 3.05) is 26.2 Å². The van der Waals surface area contributed by atoms with Crippen LogP contribution in [0.2, 0.25) is 0 Å². The summed E-state index contributed by atoms with van der Waals surface area (Å²) in [4.78, 5) is 12.7. The monoisotopic (exact) mass is 402 g/mol. The molecule has 7 heteroatoms. The first kappa shape index (κ1) is 20.4. The first-order valence-corrected chi connectivity index (χ1v) is 10.9. The van der Waals surface area contributed by atoms with Crippen LogP contribution in [0.4, 0.5) is 0 Å². The van der Waals surface area contributed by atoms with E-state index in [0.717, 1.165) is 11.3 Å². The van der Waals surface area contributed by atoms with Crippen LogP contribution in [-0.2, 0) is 14.8 Å². The highest BCUT2D eigenvalue weighted by atomic mass is 32.2. The molecule has 2 aromatic rings. The number of amides is 1. The van der Waals surface area contributed by atoms with Gasteiger partial charge in [-0.05, 0) is 44.0 Å². The first-order chi connectivity index (χ1) is 13.5. The van der Waals surface area contributed by atoms with E-state index in [1.165, 1.54) is 4.31 Å². The standard InChI is InChI=1S/C21H26N2O4S/c1-17-9-11-19(12-10-17)27-15-13-22-21(24)18-6-5-14-23(16-18)28(25,26)20-7-3-2-4-8-20/h2-4,7-12,18H,5-6,13-16H2,1H3,(H,22,24)/t18-/m0/s1. The molecule has 6 nitrogen and oxygen atoms in total. The van der Waals surface area contributed by atoms with Crippen LogP contribution < -0.4 is 10.1 Å². The Balaban J connectivity index is 1.49. The van der Waals surface area contributed by atoms with E-state index in [1.807, 2.05) is 31.2 Å². The molecule has 2 aromatic carbocycles. The molecule has 0 radical (unpaired) electrons. The van der Waals surface area contributed by atoms with Crippen LogP contribution in [0.5, 0.6) is 5.75 Å². The van der Waals surface area contributed by atoms with Gasteiger partial charge in [0.2, 0.25) is 15.9 Å². The summed E-state index contributed by atoms with van der Waals surface area (Å²) < 4.78 is 32.6. The third-order valence-corrected chi connectivity index (χ3v) is 6.71. The number of hydrogen-bond acceptors (Lipinski definition) is 4. The van der Waals surface area contributed by atoms with Crippen LogP contribution in [0.1, 0.15) is 18.4 Å². The number of benzene rings is 2. The average molecular weight is 403 g/mol. The van der Waals surface area contributed by atoms with Crippen LogP contribution >= 0.6 is 0 Å². The summed E-state index contributed by atoms with van der Waals surface area (Å²) in [5, 5.41) is 2.86. The summed E-state index contributed by atoms with van der Waals surface area (Å²) in [6.45, 7) is 3.41. The largest absolute Gasteiger partial charge is 0.492 e. The highest BCUT2D eigenvalue weighted by molar-refractivity contribution is 7.89. The molecule has 0 spiro atoms. The summed E-state index contributed by atoms with van der Waals surface area (Å²) in [5.74, 6) is 0.296. The van der Waals surface area contributed by atoms with Crippen molar-refractivity contribution in [3.63, 3.8) is 0 Å². The predicted molar refractivity (Wildman–Crippen MR) is 108 cm³/mol. The summed E-state index contributed by atoms with van der Waals surface area (Å²) in [6, 6.07) is 16.1. The first-order valence-electron chi connectivity index (χ1n) is 9.49. The number of hydrogen-bond donors (Lipinski definition) is 1. The van der Waals surface area contributed by atoms with Gasteiger partial charge in [0.25, 0.3) is 0 Å². The van der Waals surface area contributed by atoms with Gasteiger partial charge >= 0.3 is 0 Å². The Morgan fingerprint density at radius 3 is 2.57 bits per heavy atom. The van der Waals surface area contributed by atoms with Gasteiger partial charge in [-0.15, -0.1) is 0 Å². The molecule has 1 aliphatic heterocycles. The molecule has 1 fully saturated rings. The highest BCUT2D eigenvalue weighted by Gasteiger charge is 2.33. The Labute approximate surface area is 166 Å². The van der Waals surface area contributed by atoms with E-state index in [-0.39, 0.29) is 23.3 Å². The fourth-order valence-corrected chi connectivity index (χ4v) is 4.78. The van der Waals surface area contributed by atoms with E-state index >= 15 is 0 Å². The second kappa shape index (κ2) is 9.21. The summed E-state index contributed by atoms with van der Waals surface area (Å²) in [6.07, 6.45) is 1.36. The molecule has 1 saturated heterocycles. The number of carbonyl (C=O) groups excluding carboxylic acids is 1. The number of sulfonamides is 1. The SMILES string of the molecule is Cc1ccc(OCCNC(=O)[C@H]2CCCN(S(=O)(=O)c3ccccc3)C2)cc1. The average Bonchev–Trinajstić information content (AvgIpc) is 2.73. The lowest BCUT2D eigenvalue weighted by atomic mass is 9.99. The lowest BCUT2D eigenvalue weighted by Crippen LogP contribution is -2.45. The topological polar surface area (TPSA) is 75.7 Å². The minimum atomic E-state index is -3.56. The second-order valence-corrected chi connectivity index (χ2v) is 8.91. The van der Waals surface area contributed by atoms with Gasteiger partial charge in [-0.25, -0.2) is 8.42 Å². The van der Waals surface area contributed by atoms with Gasteiger partial charge in [0.15, 0.2) is 0 Å². The van der Waals surface area contributed by atoms with Crippen molar-refractivity contribution in [1.82, 2.24) is 9.62 Å². The number of carbonyl (C=O) groups is 1. The van der Waals surface area contributed by atoms with Crippen molar-refractivity contribution < 1.29 is 17.9 Å².